The highest BCUT2D eigenvalue weighted by Gasteiger charge is 2.24. The molecule has 0 aromatic heterocycles. The van der Waals surface area contributed by atoms with E-state index < -0.39 is 0 Å². The van der Waals surface area contributed by atoms with Crippen molar-refractivity contribution >= 4 is 5.91 Å². The zero-order valence-corrected chi connectivity index (χ0v) is 16.0. The molecule has 1 aliphatic rings. The average molecular weight is 351 g/mol. The number of piperazine rings is 1. The van der Waals surface area contributed by atoms with E-state index in [1.165, 1.54) is 11.1 Å². The number of hydrogen-bond acceptors (Lipinski definition) is 3. The number of amides is 1. The number of hydrogen-bond donors (Lipinski definition) is 1. The van der Waals surface area contributed by atoms with Gasteiger partial charge in [-0.3, -0.25) is 9.69 Å². The Morgan fingerprint density at radius 3 is 2.35 bits per heavy atom. The van der Waals surface area contributed by atoms with Gasteiger partial charge in [0.25, 0.3) is 5.91 Å². The molecule has 1 aliphatic heterocycles. The molecule has 0 bridgehead atoms. The van der Waals surface area contributed by atoms with Crippen LogP contribution in [0.5, 0.6) is 0 Å². The first-order valence-corrected chi connectivity index (χ1v) is 9.37. The molecule has 138 valence electrons. The van der Waals surface area contributed by atoms with Crippen LogP contribution in [-0.4, -0.2) is 55.5 Å². The minimum absolute atomic E-state index is 0.00292. The number of carbonyl (C=O) groups excluding carboxylic acids is 1. The van der Waals surface area contributed by atoms with E-state index in [-0.39, 0.29) is 11.9 Å². The predicted molar refractivity (Wildman–Crippen MR) is 107 cm³/mol. The fourth-order valence-corrected chi connectivity index (χ4v) is 3.44. The van der Waals surface area contributed by atoms with E-state index in [0.717, 1.165) is 37.3 Å². The molecule has 1 heterocycles. The van der Waals surface area contributed by atoms with Gasteiger partial charge in [0.15, 0.2) is 0 Å². The lowest BCUT2D eigenvalue weighted by Gasteiger charge is -2.38. The topological polar surface area (TPSA) is 35.6 Å². The Balaban J connectivity index is 1.71. The second-order valence-electron chi connectivity index (χ2n) is 7.27. The second kappa shape index (κ2) is 8.47. The van der Waals surface area contributed by atoms with Crippen LogP contribution in [-0.2, 0) is 0 Å². The molecule has 1 N–H and O–H groups in total. The molecule has 3 rings (SSSR count). The lowest BCUT2D eigenvalue weighted by Crippen LogP contribution is -2.48. The monoisotopic (exact) mass is 351 g/mol. The Morgan fingerprint density at radius 2 is 1.69 bits per heavy atom. The average Bonchev–Trinajstić information content (AvgIpc) is 2.66. The number of nitrogens with zero attached hydrogens (tertiary/aromatic N) is 2. The van der Waals surface area contributed by atoms with Crippen molar-refractivity contribution in [2.75, 3.05) is 39.8 Å². The van der Waals surface area contributed by atoms with E-state index in [2.05, 4.69) is 53.4 Å². The van der Waals surface area contributed by atoms with Crippen LogP contribution in [0.3, 0.4) is 0 Å². The van der Waals surface area contributed by atoms with Crippen molar-refractivity contribution in [1.29, 1.82) is 0 Å². The third-order valence-electron chi connectivity index (χ3n) is 5.39. The smallest absolute Gasteiger partial charge is 0.251 e. The van der Waals surface area contributed by atoms with Crippen LogP contribution in [0.4, 0.5) is 0 Å². The first-order chi connectivity index (χ1) is 12.5. The maximum atomic E-state index is 12.6. The summed E-state index contributed by atoms with van der Waals surface area (Å²) in [4.78, 5) is 17.5. The zero-order chi connectivity index (χ0) is 18.5. The molecular weight excluding hydrogens is 322 g/mol. The number of rotatable bonds is 5. The third kappa shape index (κ3) is 4.51. The van der Waals surface area contributed by atoms with Gasteiger partial charge in [-0.1, -0.05) is 36.4 Å². The Labute approximate surface area is 156 Å². The van der Waals surface area contributed by atoms with E-state index in [4.69, 9.17) is 0 Å². The molecule has 0 saturated carbocycles. The maximum absolute atomic E-state index is 12.6. The summed E-state index contributed by atoms with van der Waals surface area (Å²) < 4.78 is 0. The van der Waals surface area contributed by atoms with Gasteiger partial charge in [-0.2, -0.15) is 0 Å². The minimum Gasteiger partial charge on any atom is -0.350 e. The van der Waals surface area contributed by atoms with Crippen molar-refractivity contribution in [1.82, 2.24) is 15.1 Å². The van der Waals surface area contributed by atoms with Crippen LogP contribution >= 0.6 is 0 Å². The molecule has 1 fully saturated rings. The zero-order valence-electron chi connectivity index (χ0n) is 16.0. The number of likely N-dealkylation sites (N-methyl/N-ethyl adjacent to an activating group) is 1. The molecule has 1 atom stereocenters. The molecule has 0 aliphatic carbocycles. The first kappa shape index (κ1) is 18.6. The first-order valence-electron chi connectivity index (χ1n) is 9.37. The van der Waals surface area contributed by atoms with Crippen molar-refractivity contribution in [3.63, 3.8) is 0 Å². The number of aryl methyl sites for hydroxylation is 2. The molecule has 1 unspecified atom stereocenters. The van der Waals surface area contributed by atoms with Gasteiger partial charge < -0.3 is 10.2 Å². The lowest BCUT2D eigenvalue weighted by atomic mass is 10.0. The van der Waals surface area contributed by atoms with Gasteiger partial charge >= 0.3 is 0 Å². The molecule has 4 nitrogen and oxygen atoms in total. The Hall–Kier alpha value is -2.17. The van der Waals surface area contributed by atoms with Crippen molar-refractivity contribution < 1.29 is 4.79 Å². The SMILES string of the molecule is Cc1ccc(C(=O)NCC(c2ccccc2)N2CCN(C)CC2)cc1C. The van der Waals surface area contributed by atoms with Crippen LogP contribution in [0, 0.1) is 13.8 Å². The Kier molecular flexibility index (Phi) is 6.07. The summed E-state index contributed by atoms with van der Waals surface area (Å²) in [6.45, 7) is 8.91. The van der Waals surface area contributed by atoms with Gasteiger partial charge in [-0.15, -0.1) is 0 Å². The summed E-state index contributed by atoms with van der Waals surface area (Å²) in [7, 11) is 2.16. The van der Waals surface area contributed by atoms with Gasteiger partial charge in [0.2, 0.25) is 0 Å². The van der Waals surface area contributed by atoms with Crippen LogP contribution in [0.1, 0.15) is 33.1 Å². The summed E-state index contributed by atoms with van der Waals surface area (Å²) in [6, 6.07) is 16.6. The quantitative estimate of drug-likeness (QED) is 0.899. The highest BCUT2D eigenvalue weighted by molar-refractivity contribution is 5.94. The highest BCUT2D eigenvalue weighted by atomic mass is 16.1. The van der Waals surface area contributed by atoms with Gasteiger partial charge in [-0.05, 0) is 49.7 Å². The van der Waals surface area contributed by atoms with E-state index in [1.807, 2.05) is 31.2 Å². The molecular formula is C22H29N3O. The number of benzene rings is 2. The van der Waals surface area contributed by atoms with Crippen LogP contribution in [0.2, 0.25) is 0 Å². The Bertz CT molecular complexity index is 736. The molecule has 1 saturated heterocycles. The number of carbonyl (C=O) groups is 1. The maximum Gasteiger partial charge on any atom is 0.251 e. The van der Waals surface area contributed by atoms with Gasteiger partial charge in [0.05, 0.1) is 6.04 Å². The van der Waals surface area contributed by atoms with Crippen molar-refractivity contribution in [2.24, 2.45) is 0 Å². The summed E-state index contributed by atoms with van der Waals surface area (Å²) in [5.74, 6) is 0.00292. The van der Waals surface area contributed by atoms with E-state index in [9.17, 15) is 4.79 Å². The van der Waals surface area contributed by atoms with Gasteiger partial charge in [0.1, 0.15) is 0 Å². The molecule has 4 heteroatoms. The molecule has 1 amide bonds. The normalized spacial score (nSPS) is 17.0. The summed E-state index contributed by atoms with van der Waals surface area (Å²) in [6.07, 6.45) is 0. The number of nitrogens with one attached hydrogen (secondary N) is 1. The largest absolute Gasteiger partial charge is 0.350 e. The molecule has 2 aromatic carbocycles. The fourth-order valence-electron chi connectivity index (χ4n) is 3.44. The van der Waals surface area contributed by atoms with E-state index >= 15 is 0 Å². The lowest BCUT2D eigenvalue weighted by molar-refractivity contribution is 0.0886. The standard InChI is InChI=1S/C22H29N3O/c1-17-9-10-20(15-18(17)2)22(26)23-16-21(19-7-5-4-6-8-19)25-13-11-24(3)12-14-25/h4-10,15,21H,11-14,16H2,1-3H3,(H,23,26). The molecule has 0 radical (unpaired) electrons. The Morgan fingerprint density at radius 1 is 1.00 bits per heavy atom. The van der Waals surface area contributed by atoms with Crippen molar-refractivity contribution in [3.05, 3.63) is 70.8 Å². The van der Waals surface area contributed by atoms with Crippen LogP contribution in [0.15, 0.2) is 48.5 Å². The summed E-state index contributed by atoms with van der Waals surface area (Å²) in [5, 5.41) is 3.16. The third-order valence-corrected chi connectivity index (χ3v) is 5.39. The van der Waals surface area contributed by atoms with Crippen LogP contribution in [0.25, 0.3) is 0 Å². The van der Waals surface area contributed by atoms with Gasteiger partial charge in [0, 0.05) is 38.3 Å². The highest BCUT2D eigenvalue weighted by Crippen LogP contribution is 2.21. The molecule has 2 aromatic rings. The predicted octanol–water partition coefficient (Wildman–Crippen LogP) is 3.02. The molecule has 26 heavy (non-hydrogen) atoms. The minimum atomic E-state index is 0.00292. The summed E-state index contributed by atoms with van der Waals surface area (Å²) >= 11 is 0. The second-order valence-corrected chi connectivity index (χ2v) is 7.27. The summed E-state index contributed by atoms with van der Waals surface area (Å²) in [5.41, 5.74) is 4.35. The fraction of sp³-hybridized carbons (Fsp3) is 0.409. The molecule has 0 spiro atoms. The van der Waals surface area contributed by atoms with Crippen molar-refractivity contribution in [3.8, 4) is 0 Å². The van der Waals surface area contributed by atoms with E-state index in [1.54, 1.807) is 0 Å². The van der Waals surface area contributed by atoms with Gasteiger partial charge in [-0.25, -0.2) is 0 Å². The van der Waals surface area contributed by atoms with Crippen LogP contribution < -0.4 is 5.32 Å². The van der Waals surface area contributed by atoms with Crippen molar-refractivity contribution in [2.45, 2.75) is 19.9 Å². The van der Waals surface area contributed by atoms with E-state index in [0.29, 0.717) is 6.54 Å².